The fourth-order valence-electron chi connectivity index (χ4n) is 1.95. The van der Waals surface area contributed by atoms with Gasteiger partial charge in [0.05, 0.1) is 21.3 Å². The number of ether oxygens (including phenoxy) is 3. The summed E-state index contributed by atoms with van der Waals surface area (Å²) in [7, 11) is 4.73. The highest BCUT2D eigenvalue weighted by molar-refractivity contribution is 5.46. The van der Waals surface area contributed by atoms with Crippen LogP contribution in [0.4, 0.5) is 0 Å². The van der Waals surface area contributed by atoms with Crippen LogP contribution < -0.4 is 14.2 Å². The number of hydrogen-bond donors (Lipinski definition) is 1. The predicted molar refractivity (Wildman–Crippen MR) is 84.4 cm³/mol. The molecule has 0 aliphatic rings. The summed E-state index contributed by atoms with van der Waals surface area (Å²) in [6.07, 6.45) is -0.942. The Bertz CT molecular complexity index is 680. The van der Waals surface area contributed by atoms with Crippen LogP contribution in [-0.2, 0) is 0 Å². The Morgan fingerprint density at radius 3 is 2.09 bits per heavy atom. The van der Waals surface area contributed by atoms with Crippen molar-refractivity contribution < 1.29 is 19.3 Å². The SMILES string of the molecule is COc1ccc(C#CC(O)c2ccc(OC)cc2OC)cc1. The summed E-state index contributed by atoms with van der Waals surface area (Å²) in [5.41, 5.74) is 1.40. The predicted octanol–water partition coefficient (Wildman–Crippen LogP) is 2.80. The van der Waals surface area contributed by atoms with E-state index in [4.69, 9.17) is 14.2 Å². The third-order valence-corrected chi connectivity index (χ3v) is 3.18. The molecular weight excluding hydrogens is 280 g/mol. The van der Waals surface area contributed by atoms with E-state index in [1.807, 2.05) is 24.3 Å². The van der Waals surface area contributed by atoms with Gasteiger partial charge < -0.3 is 19.3 Å². The van der Waals surface area contributed by atoms with E-state index in [2.05, 4.69) is 11.8 Å². The van der Waals surface area contributed by atoms with Crippen LogP contribution in [-0.4, -0.2) is 26.4 Å². The van der Waals surface area contributed by atoms with Gasteiger partial charge in [0.25, 0.3) is 0 Å². The molecule has 1 unspecified atom stereocenters. The van der Waals surface area contributed by atoms with Gasteiger partial charge in [-0.1, -0.05) is 11.8 Å². The van der Waals surface area contributed by atoms with Crippen LogP contribution in [0.15, 0.2) is 42.5 Å². The lowest BCUT2D eigenvalue weighted by Crippen LogP contribution is -1.99. The molecule has 4 nitrogen and oxygen atoms in total. The first-order valence-corrected chi connectivity index (χ1v) is 6.73. The Labute approximate surface area is 130 Å². The van der Waals surface area contributed by atoms with Crippen LogP contribution in [0, 0.1) is 11.8 Å². The van der Waals surface area contributed by atoms with Crippen molar-refractivity contribution in [3.63, 3.8) is 0 Å². The van der Waals surface area contributed by atoms with Gasteiger partial charge in [-0.15, -0.1) is 0 Å². The minimum atomic E-state index is -0.942. The summed E-state index contributed by atoms with van der Waals surface area (Å²) in [5, 5.41) is 10.2. The fourth-order valence-corrected chi connectivity index (χ4v) is 1.95. The van der Waals surface area contributed by atoms with Crippen LogP contribution in [0.5, 0.6) is 17.2 Å². The molecule has 0 amide bonds. The summed E-state index contributed by atoms with van der Waals surface area (Å²) in [6, 6.07) is 12.5. The lowest BCUT2D eigenvalue weighted by molar-refractivity contribution is 0.232. The zero-order chi connectivity index (χ0) is 15.9. The van der Waals surface area contributed by atoms with Gasteiger partial charge in [0.2, 0.25) is 0 Å². The normalized spacial score (nSPS) is 11.1. The molecule has 4 heteroatoms. The molecule has 1 atom stereocenters. The van der Waals surface area contributed by atoms with Crippen molar-refractivity contribution in [2.24, 2.45) is 0 Å². The van der Waals surface area contributed by atoms with Crippen molar-refractivity contribution in [3.05, 3.63) is 53.6 Å². The summed E-state index contributed by atoms with van der Waals surface area (Å²) in [4.78, 5) is 0. The molecule has 0 aliphatic carbocycles. The average molecular weight is 298 g/mol. The molecule has 22 heavy (non-hydrogen) atoms. The van der Waals surface area contributed by atoms with Crippen LogP contribution >= 0.6 is 0 Å². The van der Waals surface area contributed by atoms with Crippen LogP contribution in [0.3, 0.4) is 0 Å². The first-order valence-electron chi connectivity index (χ1n) is 6.73. The quantitative estimate of drug-likeness (QED) is 0.882. The van der Waals surface area contributed by atoms with Crippen molar-refractivity contribution in [3.8, 4) is 29.1 Å². The highest BCUT2D eigenvalue weighted by Gasteiger charge is 2.11. The van der Waals surface area contributed by atoms with Crippen LogP contribution in [0.25, 0.3) is 0 Å². The first kappa shape index (κ1) is 15.7. The molecule has 0 aliphatic heterocycles. The van der Waals surface area contributed by atoms with E-state index in [1.54, 1.807) is 39.5 Å². The molecule has 0 heterocycles. The van der Waals surface area contributed by atoms with Crippen molar-refractivity contribution in [1.29, 1.82) is 0 Å². The van der Waals surface area contributed by atoms with E-state index >= 15 is 0 Å². The molecule has 114 valence electrons. The van der Waals surface area contributed by atoms with Crippen LogP contribution in [0.2, 0.25) is 0 Å². The monoisotopic (exact) mass is 298 g/mol. The van der Waals surface area contributed by atoms with Crippen molar-refractivity contribution in [1.82, 2.24) is 0 Å². The maximum atomic E-state index is 10.2. The number of hydrogen-bond acceptors (Lipinski definition) is 4. The molecule has 1 N–H and O–H groups in total. The highest BCUT2D eigenvalue weighted by Crippen LogP contribution is 2.29. The summed E-state index contributed by atoms with van der Waals surface area (Å²) < 4.78 is 15.5. The third kappa shape index (κ3) is 3.72. The molecule has 0 fully saturated rings. The highest BCUT2D eigenvalue weighted by atomic mass is 16.5. The lowest BCUT2D eigenvalue weighted by Gasteiger charge is -2.11. The molecule has 2 aromatic rings. The molecule has 0 bridgehead atoms. The van der Waals surface area contributed by atoms with Gasteiger partial charge in [-0.05, 0) is 36.4 Å². The summed E-state index contributed by atoms with van der Waals surface area (Å²) >= 11 is 0. The lowest BCUT2D eigenvalue weighted by atomic mass is 10.1. The Balaban J connectivity index is 2.21. The van der Waals surface area contributed by atoms with Gasteiger partial charge in [-0.25, -0.2) is 0 Å². The van der Waals surface area contributed by atoms with E-state index in [1.165, 1.54) is 0 Å². The van der Waals surface area contributed by atoms with E-state index in [-0.39, 0.29) is 0 Å². The standard InChI is InChI=1S/C18H18O4/c1-20-14-7-4-13(5-8-14)6-11-17(19)16-10-9-15(21-2)12-18(16)22-3/h4-5,7-10,12,17,19H,1-3H3. The number of methoxy groups -OCH3 is 3. The minimum absolute atomic E-state index is 0.538. The van der Waals surface area contributed by atoms with E-state index < -0.39 is 6.10 Å². The molecule has 2 rings (SSSR count). The van der Waals surface area contributed by atoms with E-state index in [9.17, 15) is 5.11 Å². The van der Waals surface area contributed by atoms with Crippen molar-refractivity contribution >= 4 is 0 Å². The van der Waals surface area contributed by atoms with E-state index in [0.717, 1.165) is 11.3 Å². The Hall–Kier alpha value is -2.64. The Kier molecular flexibility index (Phi) is 5.29. The summed E-state index contributed by atoms with van der Waals surface area (Å²) in [6.45, 7) is 0. The second-order valence-corrected chi connectivity index (χ2v) is 4.51. The van der Waals surface area contributed by atoms with E-state index in [0.29, 0.717) is 17.1 Å². The van der Waals surface area contributed by atoms with Crippen molar-refractivity contribution in [2.75, 3.05) is 21.3 Å². The summed E-state index contributed by atoms with van der Waals surface area (Å²) in [5.74, 6) is 7.71. The molecule has 0 aromatic heterocycles. The Morgan fingerprint density at radius 2 is 1.50 bits per heavy atom. The average Bonchev–Trinajstić information content (AvgIpc) is 2.59. The molecular formula is C18H18O4. The maximum absolute atomic E-state index is 10.2. The van der Waals surface area contributed by atoms with Crippen LogP contribution in [0.1, 0.15) is 17.2 Å². The number of benzene rings is 2. The van der Waals surface area contributed by atoms with Gasteiger partial charge in [0.1, 0.15) is 23.4 Å². The number of aliphatic hydroxyl groups excluding tert-OH is 1. The first-order chi connectivity index (χ1) is 10.7. The van der Waals surface area contributed by atoms with Gasteiger partial charge in [0, 0.05) is 17.2 Å². The number of rotatable bonds is 4. The third-order valence-electron chi connectivity index (χ3n) is 3.18. The second-order valence-electron chi connectivity index (χ2n) is 4.51. The van der Waals surface area contributed by atoms with Gasteiger partial charge in [-0.3, -0.25) is 0 Å². The fraction of sp³-hybridized carbons (Fsp3) is 0.222. The second kappa shape index (κ2) is 7.39. The zero-order valence-corrected chi connectivity index (χ0v) is 12.8. The molecule has 2 aromatic carbocycles. The zero-order valence-electron chi connectivity index (χ0n) is 12.8. The van der Waals surface area contributed by atoms with Gasteiger partial charge in [0.15, 0.2) is 0 Å². The smallest absolute Gasteiger partial charge is 0.144 e. The molecule has 0 saturated heterocycles. The number of aliphatic hydroxyl groups is 1. The molecule has 0 spiro atoms. The van der Waals surface area contributed by atoms with Gasteiger partial charge >= 0.3 is 0 Å². The largest absolute Gasteiger partial charge is 0.497 e. The topological polar surface area (TPSA) is 47.9 Å². The molecule has 0 saturated carbocycles. The Morgan fingerprint density at radius 1 is 0.864 bits per heavy atom. The molecule has 0 radical (unpaired) electrons. The maximum Gasteiger partial charge on any atom is 0.144 e. The minimum Gasteiger partial charge on any atom is -0.497 e. The van der Waals surface area contributed by atoms with Gasteiger partial charge in [-0.2, -0.15) is 0 Å². The van der Waals surface area contributed by atoms with Crippen molar-refractivity contribution in [2.45, 2.75) is 6.10 Å².